The fourth-order valence-electron chi connectivity index (χ4n) is 3.45. The van der Waals surface area contributed by atoms with Gasteiger partial charge in [0.2, 0.25) is 0 Å². The highest BCUT2D eigenvalue weighted by Gasteiger charge is 2.40. The summed E-state index contributed by atoms with van der Waals surface area (Å²) in [5.74, 6) is -0.775. The molecule has 0 bridgehead atoms. The van der Waals surface area contributed by atoms with E-state index in [1.807, 2.05) is 74.4 Å². The largest absolute Gasteiger partial charge is 0.378 e. The topological polar surface area (TPSA) is 52.7 Å². The molecule has 0 spiro atoms. The Labute approximate surface area is 186 Å². The minimum absolute atomic E-state index is 0.251. The molecule has 0 atom stereocenters. The summed E-state index contributed by atoms with van der Waals surface area (Å²) >= 11 is 5.99. The lowest BCUT2D eigenvalue weighted by molar-refractivity contribution is -0.120. The van der Waals surface area contributed by atoms with Crippen LogP contribution in [0.5, 0.6) is 0 Å². The van der Waals surface area contributed by atoms with E-state index >= 15 is 0 Å². The number of rotatable bonds is 5. The summed E-state index contributed by atoms with van der Waals surface area (Å²) in [6.45, 7) is 1.98. The summed E-state index contributed by atoms with van der Waals surface area (Å²) in [4.78, 5) is 29.9. The van der Waals surface area contributed by atoms with E-state index in [0.717, 1.165) is 16.9 Å². The van der Waals surface area contributed by atoms with Crippen molar-refractivity contribution in [2.75, 3.05) is 29.2 Å². The number of halogens is 1. The van der Waals surface area contributed by atoms with Crippen molar-refractivity contribution in [1.29, 1.82) is 0 Å². The maximum atomic E-state index is 13.4. The number of benzene rings is 3. The molecule has 1 heterocycles. The predicted octanol–water partition coefficient (Wildman–Crippen LogP) is 5.11. The third-order valence-corrected chi connectivity index (χ3v) is 5.41. The fourth-order valence-corrected chi connectivity index (χ4v) is 3.57. The summed E-state index contributed by atoms with van der Waals surface area (Å²) in [5.41, 5.74) is 4.60. The number of aryl methyl sites for hydroxylation is 1. The maximum Gasteiger partial charge on any atom is 0.282 e. The van der Waals surface area contributed by atoms with Crippen LogP contribution in [-0.2, 0) is 9.59 Å². The van der Waals surface area contributed by atoms with Crippen LogP contribution in [0.15, 0.2) is 78.5 Å². The lowest BCUT2D eigenvalue weighted by Gasteiger charge is -2.16. The summed E-state index contributed by atoms with van der Waals surface area (Å²) in [5, 5.41) is 3.72. The van der Waals surface area contributed by atoms with Crippen LogP contribution in [0.1, 0.15) is 11.1 Å². The highest BCUT2D eigenvalue weighted by Crippen LogP contribution is 2.34. The minimum atomic E-state index is -0.403. The van der Waals surface area contributed by atoms with Crippen LogP contribution >= 0.6 is 11.6 Å². The van der Waals surface area contributed by atoms with Gasteiger partial charge in [-0.25, -0.2) is 4.90 Å². The number of anilines is 3. The van der Waals surface area contributed by atoms with Gasteiger partial charge in [0.1, 0.15) is 5.70 Å². The molecule has 2 amide bonds. The van der Waals surface area contributed by atoms with Gasteiger partial charge >= 0.3 is 0 Å². The molecule has 0 aromatic heterocycles. The second-order valence-corrected chi connectivity index (χ2v) is 8.04. The lowest BCUT2D eigenvalue weighted by Crippen LogP contribution is -2.32. The molecule has 0 saturated carbocycles. The van der Waals surface area contributed by atoms with Gasteiger partial charge in [0, 0.05) is 30.5 Å². The molecule has 6 heteroatoms. The van der Waals surface area contributed by atoms with Crippen LogP contribution in [-0.4, -0.2) is 25.9 Å². The molecule has 1 aliphatic rings. The number of carbonyl (C=O) groups excluding carboxylic acids is 2. The normalized spacial score (nSPS) is 13.7. The number of hydrogen-bond acceptors (Lipinski definition) is 4. The molecule has 0 fully saturated rings. The molecule has 31 heavy (non-hydrogen) atoms. The van der Waals surface area contributed by atoms with E-state index in [1.165, 1.54) is 4.90 Å². The Morgan fingerprint density at radius 3 is 2.00 bits per heavy atom. The first kappa shape index (κ1) is 20.7. The lowest BCUT2D eigenvalue weighted by atomic mass is 10.0. The third kappa shape index (κ3) is 4.05. The predicted molar refractivity (Wildman–Crippen MR) is 126 cm³/mol. The molecular weight excluding hydrogens is 410 g/mol. The average molecular weight is 432 g/mol. The van der Waals surface area contributed by atoms with Crippen LogP contribution in [0, 0.1) is 6.92 Å². The fraction of sp³-hybridized carbons (Fsp3) is 0.120. The van der Waals surface area contributed by atoms with Crippen LogP contribution in [0.3, 0.4) is 0 Å². The molecule has 0 saturated heterocycles. The van der Waals surface area contributed by atoms with Crippen LogP contribution in [0.2, 0.25) is 5.02 Å². The van der Waals surface area contributed by atoms with Gasteiger partial charge in [-0.2, -0.15) is 0 Å². The molecule has 0 aliphatic carbocycles. The Hall–Kier alpha value is -3.57. The van der Waals surface area contributed by atoms with E-state index in [2.05, 4.69) is 5.32 Å². The van der Waals surface area contributed by atoms with E-state index in [1.54, 1.807) is 24.3 Å². The molecule has 0 radical (unpaired) electrons. The standard InChI is InChI=1S/C25H22ClN3O2/c1-16-4-6-17(7-5-16)22-23(27-19-10-14-20(15-11-19)28(2)3)25(31)29(24(22)30)21-12-8-18(26)9-13-21/h4-15,27H,1-3H3. The highest BCUT2D eigenvalue weighted by molar-refractivity contribution is 6.46. The van der Waals surface area contributed by atoms with Crippen LogP contribution in [0.25, 0.3) is 5.57 Å². The first-order valence-electron chi connectivity index (χ1n) is 9.85. The Balaban J connectivity index is 1.77. The molecule has 1 N–H and O–H groups in total. The van der Waals surface area contributed by atoms with Crippen molar-refractivity contribution in [3.63, 3.8) is 0 Å². The minimum Gasteiger partial charge on any atom is -0.378 e. The Morgan fingerprint density at radius 1 is 0.806 bits per heavy atom. The molecule has 1 aliphatic heterocycles. The SMILES string of the molecule is Cc1ccc(C2=C(Nc3ccc(N(C)C)cc3)C(=O)N(c3ccc(Cl)cc3)C2=O)cc1. The van der Waals surface area contributed by atoms with Gasteiger partial charge in [-0.3, -0.25) is 9.59 Å². The highest BCUT2D eigenvalue weighted by atomic mass is 35.5. The smallest absolute Gasteiger partial charge is 0.282 e. The van der Waals surface area contributed by atoms with Crippen molar-refractivity contribution in [2.24, 2.45) is 0 Å². The zero-order valence-electron chi connectivity index (χ0n) is 17.5. The molecule has 156 valence electrons. The van der Waals surface area contributed by atoms with E-state index in [4.69, 9.17) is 11.6 Å². The monoisotopic (exact) mass is 431 g/mol. The summed E-state index contributed by atoms with van der Waals surface area (Å²) in [6, 6.07) is 21.9. The van der Waals surface area contributed by atoms with E-state index in [9.17, 15) is 9.59 Å². The van der Waals surface area contributed by atoms with Gasteiger partial charge in [0.15, 0.2) is 0 Å². The summed E-state index contributed by atoms with van der Waals surface area (Å²) in [6.07, 6.45) is 0. The van der Waals surface area contributed by atoms with Gasteiger partial charge in [0.25, 0.3) is 11.8 Å². The van der Waals surface area contributed by atoms with Crippen molar-refractivity contribution in [3.8, 4) is 0 Å². The number of imide groups is 1. The van der Waals surface area contributed by atoms with Crippen LogP contribution in [0.4, 0.5) is 17.1 Å². The second-order valence-electron chi connectivity index (χ2n) is 7.60. The Kier molecular flexibility index (Phi) is 5.53. The number of hydrogen-bond donors (Lipinski definition) is 1. The summed E-state index contributed by atoms with van der Waals surface area (Å²) in [7, 11) is 3.92. The van der Waals surface area contributed by atoms with Gasteiger partial charge in [-0.1, -0.05) is 41.4 Å². The number of nitrogens with one attached hydrogen (secondary N) is 1. The van der Waals surface area contributed by atoms with E-state index < -0.39 is 5.91 Å². The van der Waals surface area contributed by atoms with E-state index in [0.29, 0.717) is 21.8 Å². The molecule has 3 aromatic rings. The Bertz CT molecular complexity index is 1160. The second kappa shape index (κ2) is 8.28. The van der Waals surface area contributed by atoms with Gasteiger partial charge in [0.05, 0.1) is 11.3 Å². The molecule has 3 aromatic carbocycles. The maximum absolute atomic E-state index is 13.4. The average Bonchev–Trinajstić information content (AvgIpc) is 2.99. The Morgan fingerprint density at radius 2 is 1.42 bits per heavy atom. The van der Waals surface area contributed by atoms with E-state index in [-0.39, 0.29) is 11.6 Å². The van der Waals surface area contributed by atoms with Crippen LogP contribution < -0.4 is 15.1 Å². The molecule has 4 rings (SSSR count). The van der Waals surface area contributed by atoms with Gasteiger partial charge in [-0.15, -0.1) is 0 Å². The summed E-state index contributed by atoms with van der Waals surface area (Å²) < 4.78 is 0. The number of amides is 2. The van der Waals surface area contributed by atoms with Crippen molar-refractivity contribution in [2.45, 2.75) is 6.92 Å². The number of nitrogens with zero attached hydrogens (tertiary/aromatic N) is 2. The first-order valence-corrected chi connectivity index (χ1v) is 10.2. The van der Waals surface area contributed by atoms with Crippen molar-refractivity contribution in [1.82, 2.24) is 0 Å². The first-order chi connectivity index (χ1) is 14.8. The zero-order valence-corrected chi connectivity index (χ0v) is 18.3. The van der Waals surface area contributed by atoms with Gasteiger partial charge in [-0.05, 0) is 61.0 Å². The third-order valence-electron chi connectivity index (χ3n) is 5.16. The number of carbonyl (C=O) groups is 2. The quantitative estimate of drug-likeness (QED) is 0.570. The van der Waals surface area contributed by atoms with Crippen molar-refractivity contribution >= 4 is 46.1 Å². The zero-order chi connectivity index (χ0) is 22.1. The van der Waals surface area contributed by atoms with Crippen molar-refractivity contribution in [3.05, 3.63) is 94.6 Å². The molecule has 0 unspecified atom stereocenters. The van der Waals surface area contributed by atoms with Crippen molar-refractivity contribution < 1.29 is 9.59 Å². The van der Waals surface area contributed by atoms with Gasteiger partial charge < -0.3 is 10.2 Å². The molecule has 5 nitrogen and oxygen atoms in total. The molecular formula is C25H22ClN3O2.